The van der Waals surface area contributed by atoms with Gasteiger partial charge in [-0.05, 0) is 43.2 Å². The summed E-state index contributed by atoms with van der Waals surface area (Å²) in [5, 5.41) is 7.59. The molecule has 2 heterocycles. The van der Waals surface area contributed by atoms with Gasteiger partial charge in [0, 0.05) is 11.6 Å². The van der Waals surface area contributed by atoms with Gasteiger partial charge in [-0.1, -0.05) is 42.5 Å². The molecule has 0 saturated heterocycles. The van der Waals surface area contributed by atoms with Gasteiger partial charge in [0.1, 0.15) is 12.3 Å². The van der Waals surface area contributed by atoms with Crippen molar-refractivity contribution in [2.24, 2.45) is 0 Å². The Kier molecular flexibility index (Phi) is 6.08. The van der Waals surface area contributed by atoms with Gasteiger partial charge in [-0.25, -0.2) is 9.67 Å². The standard InChI is InChI=1S/C23H22N4O3S/c1-3-15-5-7-16(8-6-15)18-11-12-22(29)27(26-18)14-21(28)25-23-24-19-10-9-17(30-4-2)13-20(19)31-23/h5-13H,3-4,14H2,1-2H3,(H,24,25,28). The summed E-state index contributed by atoms with van der Waals surface area (Å²) >= 11 is 1.35. The minimum Gasteiger partial charge on any atom is -0.494 e. The topological polar surface area (TPSA) is 86.1 Å². The molecule has 0 aliphatic carbocycles. The number of carbonyl (C=O) groups is 1. The number of thiazole rings is 1. The first-order valence-electron chi connectivity index (χ1n) is 10.1. The van der Waals surface area contributed by atoms with Crippen LogP contribution in [0, 0.1) is 0 Å². The maximum absolute atomic E-state index is 12.5. The second kappa shape index (κ2) is 9.09. The molecule has 0 fully saturated rings. The normalized spacial score (nSPS) is 10.9. The molecule has 2 aromatic carbocycles. The first kappa shape index (κ1) is 20.7. The average Bonchev–Trinajstić information content (AvgIpc) is 3.17. The summed E-state index contributed by atoms with van der Waals surface area (Å²) in [7, 11) is 0. The number of nitrogens with one attached hydrogen (secondary N) is 1. The van der Waals surface area contributed by atoms with Crippen LogP contribution in [-0.4, -0.2) is 27.3 Å². The first-order valence-corrected chi connectivity index (χ1v) is 10.9. The van der Waals surface area contributed by atoms with E-state index in [0.717, 1.165) is 28.0 Å². The summed E-state index contributed by atoms with van der Waals surface area (Å²) in [6.45, 7) is 4.40. The number of anilines is 1. The van der Waals surface area contributed by atoms with E-state index in [-0.39, 0.29) is 18.0 Å². The predicted octanol–water partition coefficient (Wildman–Crippen LogP) is 4.12. The summed E-state index contributed by atoms with van der Waals surface area (Å²) in [6.07, 6.45) is 0.950. The summed E-state index contributed by atoms with van der Waals surface area (Å²) < 4.78 is 7.58. The fourth-order valence-corrected chi connectivity index (χ4v) is 4.05. The minimum atomic E-state index is -0.364. The molecular weight excluding hydrogens is 412 g/mol. The van der Waals surface area contributed by atoms with E-state index in [1.807, 2.05) is 49.4 Å². The molecular formula is C23H22N4O3S. The third kappa shape index (κ3) is 4.80. The van der Waals surface area contributed by atoms with E-state index in [4.69, 9.17) is 4.74 Å². The summed E-state index contributed by atoms with van der Waals surface area (Å²) in [6, 6.07) is 16.7. The number of nitrogens with zero attached hydrogens (tertiary/aromatic N) is 3. The molecule has 1 amide bonds. The lowest BCUT2D eigenvalue weighted by atomic mass is 10.1. The van der Waals surface area contributed by atoms with Gasteiger partial charge < -0.3 is 10.1 Å². The number of hydrogen-bond donors (Lipinski definition) is 1. The number of benzene rings is 2. The van der Waals surface area contributed by atoms with Crippen molar-refractivity contribution < 1.29 is 9.53 Å². The van der Waals surface area contributed by atoms with Crippen molar-refractivity contribution in [3.63, 3.8) is 0 Å². The van der Waals surface area contributed by atoms with Crippen molar-refractivity contribution in [3.8, 4) is 17.0 Å². The molecule has 0 atom stereocenters. The van der Waals surface area contributed by atoms with E-state index >= 15 is 0 Å². The van der Waals surface area contributed by atoms with Crippen LogP contribution in [0.3, 0.4) is 0 Å². The Bertz CT molecular complexity index is 1280. The molecule has 4 rings (SSSR count). The Morgan fingerprint density at radius 1 is 1.10 bits per heavy atom. The highest BCUT2D eigenvalue weighted by Crippen LogP contribution is 2.29. The second-order valence-electron chi connectivity index (χ2n) is 6.89. The van der Waals surface area contributed by atoms with E-state index in [0.29, 0.717) is 17.4 Å². The maximum atomic E-state index is 12.5. The van der Waals surface area contributed by atoms with Crippen molar-refractivity contribution in [2.75, 3.05) is 11.9 Å². The zero-order chi connectivity index (χ0) is 21.8. The van der Waals surface area contributed by atoms with Crippen LogP contribution in [0.15, 0.2) is 59.4 Å². The van der Waals surface area contributed by atoms with Crippen LogP contribution in [0.4, 0.5) is 5.13 Å². The lowest BCUT2D eigenvalue weighted by Gasteiger charge is -2.07. The molecule has 0 bridgehead atoms. The molecule has 8 heteroatoms. The van der Waals surface area contributed by atoms with Crippen LogP contribution in [-0.2, 0) is 17.8 Å². The number of fused-ring (bicyclic) bond motifs is 1. The highest BCUT2D eigenvalue weighted by molar-refractivity contribution is 7.22. The number of hydrogen-bond acceptors (Lipinski definition) is 6. The number of carbonyl (C=O) groups excluding carboxylic acids is 1. The fraction of sp³-hybridized carbons (Fsp3) is 0.217. The first-order chi connectivity index (χ1) is 15.1. The number of aromatic nitrogens is 3. The van der Waals surface area contributed by atoms with Crippen molar-refractivity contribution >= 4 is 32.6 Å². The van der Waals surface area contributed by atoms with Gasteiger partial charge >= 0.3 is 0 Å². The molecule has 4 aromatic rings. The van der Waals surface area contributed by atoms with E-state index in [1.165, 1.54) is 27.6 Å². The van der Waals surface area contributed by atoms with Crippen LogP contribution in [0.25, 0.3) is 21.5 Å². The van der Waals surface area contributed by atoms with Crippen LogP contribution in [0.5, 0.6) is 5.75 Å². The van der Waals surface area contributed by atoms with Gasteiger partial charge in [0.15, 0.2) is 5.13 Å². The van der Waals surface area contributed by atoms with Gasteiger partial charge in [-0.2, -0.15) is 5.10 Å². The zero-order valence-corrected chi connectivity index (χ0v) is 18.1. The van der Waals surface area contributed by atoms with Gasteiger partial charge in [0.2, 0.25) is 5.91 Å². The lowest BCUT2D eigenvalue weighted by molar-refractivity contribution is -0.117. The van der Waals surface area contributed by atoms with Crippen LogP contribution < -0.4 is 15.6 Å². The van der Waals surface area contributed by atoms with Crippen molar-refractivity contribution in [1.29, 1.82) is 0 Å². The second-order valence-corrected chi connectivity index (χ2v) is 7.93. The van der Waals surface area contributed by atoms with Gasteiger partial charge in [0.25, 0.3) is 5.56 Å². The Morgan fingerprint density at radius 2 is 1.90 bits per heavy atom. The third-order valence-electron chi connectivity index (χ3n) is 4.74. The monoisotopic (exact) mass is 434 g/mol. The largest absolute Gasteiger partial charge is 0.494 e. The average molecular weight is 435 g/mol. The van der Waals surface area contributed by atoms with Crippen LogP contribution in [0.1, 0.15) is 19.4 Å². The minimum absolute atomic E-state index is 0.195. The fourth-order valence-electron chi connectivity index (χ4n) is 3.14. The molecule has 31 heavy (non-hydrogen) atoms. The van der Waals surface area contributed by atoms with Crippen LogP contribution in [0.2, 0.25) is 0 Å². The molecule has 0 radical (unpaired) electrons. The molecule has 7 nitrogen and oxygen atoms in total. The summed E-state index contributed by atoms with van der Waals surface area (Å²) in [5.74, 6) is 0.397. The SMILES string of the molecule is CCOc1ccc2nc(NC(=O)Cn3nc(-c4ccc(CC)cc4)ccc3=O)sc2c1. The number of ether oxygens (including phenoxy) is 1. The Morgan fingerprint density at radius 3 is 2.65 bits per heavy atom. The molecule has 0 aliphatic heterocycles. The quantitative estimate of drug-likeness (QED) is 0.473. The van der Waals surface area contributed by atoms with Crippen LogP contribution >= 0.6 is 11.3 Å². The maximum Gasteiger partial charge on any atom is 0.267 e. The smallest absolute Gasteiger partial charge is 0.267 e. The van der Waals surface area contributed by atoms with Crippen molar-refractivity contribution in [2.45, 2.75) is 26.8 Å². The molecule has 0 spiro atoms. The Hall–Kier alpha value is -3.52. The molecule has 0 unspecified atom stereocenters. The predicted molar refractivity (Wildman–Crippen MR) is 123 cm³/mol. The molecule has 0 aliphatic rings. The Balaban J connectivity index is 1.50. The van der Waals surface area contributed by atoms with Gasteiger partial charge in [0.05, 0.1) is 22.5 Å². The zero-order valence-electron chi connectivity index (χ0n) is 17.3. The van der Waals surface area contributed by atoms with E-state index in [1.54, 1.807) is 6.07 Å². The summed E-state index contributed by atoms with van der Waals surface area (Å²) in [4.78, 5) is 29.2. The highest BCUT2D eigenvalue weighted by Gasteiger charge is 2.12. The lowest BCUT2D eigenvalue weighted by Crippen LogP contribution is -2.29. The van der Waals surface area contributed by atoms with Gasteiger partial charge in [-0.3, -0.25) is 9.59 Å². The molecule has 1 N–H and O–H groups in total. The van der Waals surface area contributed by atoms with Gasteiger partial charge in [-0.15, -0.1) is 0 Å². The van der Waals surface area contributed by atoms with E-state index in [9.17, 15) is 9.59 Å². The molecule has 2 aromatic heterocycles. The third-order valence-corrected chi connectivity index (χ3v) is 5.67. The number of amides is 1. The Labute approximate surface area is 183 Å². The summed E-state index contributed by atoms with van der Waals surface area (Å²) in [5.41, 5.74) is 3.19. The van der Waals surface area contributed by atoms with E-state index in [2.05, 4.69) is 22.3 Å². The van der Waals surface area contributed by atoms with E-state index < -0.39 is 0 Å². The molecule has 0 saturated carbocycles. The number of aryl methyl sites for hydroxylation is 1. The molecule has 158 valence electrons. The number of rotatable bonds is 7. The van der Waals surface area contributed by atoms with Crippen molar-refractivity contribution in [1.82, 2.24) is 14.8 Å². The highest BCUT2D eigenvalue weighted by atomic mass is 32.1. The van der Waals surface area contributed by atoms with Crippen molar-refractivity contribution in [3.05, 3.63) is 70.5 Å².